The number of piperidine rings is 1. The molecule has 0 radical (unpaired) electrons. The zero-order valence-electron chi connectivity index (χ0n) is 17.4. The lowest BCUT2D eigenvalue weighted by molar-refractivity contribution is 0.196. The van der Waals surface area contributed by atoms with Crippen molar-refractivity contribution in [1.82, 2.24) is 9.29 Å². The predicted molar refractivity (Wildman–Crippen MR) is 114 cm³/mol. The van der Waals surface area contributed by atoms with Gasteiger partial charge in [-0.05, 0) is 49.6 Å². The van der Waals surface area contributed by atoms with Crippen LogP contribution in [-0.4, -0.2) is 56.2 Å². The van der Waals surface area contributed by atoms with Gasteiger partial charge in [0.1, 0.15) is 17.3 Å². The fourth-order valence-electron chi connectivity index (χ4n) is 3.41. The second-order valence-corrected chi connectivity index (χ2v) is 9.13. The highest BCUT2D eigenvalue weighted by atomic mass is 32.2. The number of pyridine rings is 1. The van der Waals surface area contributed by atoms with E-state index in [0.29, 0.717) is 30.4 Å². The second-order valence-electron chi connectivity index (χ2n) is 7.19. The summed E-state index contributed by atoms with van der Waals surface area (Å²) in [7, 11) is -1.92. The Bertz CT molecular complexity index is 928. The van der Waals surface area contributed by atoms with Crippen molar-refractivity contribution >= 4 is 15.8 Å². The number of nitrogens with zero attached hydrogens (tertiary/aromatic N) is 2. The average molecular weight is 436 g/mol. The van der Waals surface area contributed by atoms with Crippen LogP contribution in [0.3, 0.4) is 0 Å². The predicted octanol–water partition coefficient (Wildman–Crippen LogP) is 2.81. The van der Waals surface area contributed by atoms with Gasteiger partial charge in [-0.15, -0.1) is 0 Å². The van der Waals surface area contributed by atoms with Gasteiger partial charge in [0, 0.05) is 19.3 Å². The number of sulfonamides is 1. The Balaban J connectivity index is 1.69. The summed E-state index contributed by atoms with van der Waals surface area (Å²) in [6.07, 6.45) is 4.28. The number of hydrogen-bond donors (Lipinski definition) is 2. The Labute approximate surface area is 177 Å². The first kappa shape index (κ1) is 22.3. The molecule has 1 fully saturated rings. The van der Waals surface area contributed by atoms with E-state index in [1.165, 1.54) is 10.5 Å². The zero-order chi connectivity index (χ0) is 21.6. The van der Waals surface area contributed by atoms with Crippen LogP contribution in [0.4, 0.5) is 5.82 Å². The van der Waals surface area contributed by atoms with Gasteiger partial charge in [0.15, 0.2) is 11.5 Å². The molecule has 164 valence electrons. The van der Waals surface area contributed by atoms with Crippen LogP contribution >= 0.6 is 0 Å². The third kappa shape index (κ3) is 5.21. The summed E-state index contributed by atoms with van der Waals surface area (Å²) >= 11 is 0. The summed E-state index contributed by atoms with van der Waals surface area (Å²) in [4.78, 5) is 4.52. The quantitative estimate of drug-likeness (QED) is 0.625. The zero-order valence-corrected chi connectivity index (χ0v) is 18.2. The lowest BCUT2D eigenvalue weighted by Gasteiger charge is -2.25. The largest absolute Gasteiger partial charge is 0.493 e. The molecule has 2 N–H and O–H groups in total. The highest BCUT2D eigenvalue weighted by Gasteiger charge is 2.26. The van der Waals surface area contributed by atoms with E-state index >= 15 is 0 Å². The van der Waals surface area contributed by atoms with Gasteiger partial charge in [-0.1, -0.05) is 12.5 Å². The second kappa shape index (κ2) is 10.1. The Hall–Kier alpha value is -2.36. The maximum atomic E-state index is 12.7. The molecule has 0 saturated carbocycles. The Morgan fingerprint density at radius 3 is 2.57 bits per heavy atom. The highest BCUT2D eigenvalue weighted by molar-refractivity contribution is 7.89. The standard InChI is InChI=1S/C21H29N3O5S/c1-16(17-6-8-19(29-13-12-25)20(14-17)28-2)23-21-9-7-18(15-22-21)30(26,27)24-10-4-3-5-11-24/h6-9,14-16,25H,3-5,10-13H2,1-2H3,(H,22,23). The molecule has 0 amide bonds. The topological polar surface area (TPSA) is 101 Å². The van der Waals surface area contributed by atoms with Gasteiger partial charge in [-0.25, -0.2) is 13.4 Å². The summed E-state index contributed by atoms with van der Waals surface area (Å²) < 4.78 is 37.9. The molecule has 2 aromatic rings. The van der Waals surface area contributed by atoms with Gasteiger partial charge in [-0.2, -0.15) is 4.31 Å². The van der Waals surface area contributed by atoms with Crippen molar-refractivity contribution in [2.45, 2.75) is 37.1 Å². The first-order valence-electron chi connectivity index (χ1n) is 10.1. The molecule has 1 saturated heterocycles. The van der Waals surface area contributed by atoms with E-state index in [1.807, 2.05) is 19.1 Å². The molecule has 1 atom stereocenters. The van der Waals surface area contributed by atoms with E-state index in [1.54, 1.807) is 25.3 Å². The number of anilines is 1. The first-order valence-corrected chi connectivity index (χ1v) is 11.5. The number of nitrogens with one attached hydrogen (secondary N) is 1. The third-order valence-electron chi connectivity index (χ3n) is 5.09. The van der Waals surface area contributed by atoms with E-state index in [2.05, 4.69) is 10.3 Å². The number of aromatic nitrogens is 1. The molecule has 1 unspecified atom stereocenters. The van der Waals surface area contributed by atoms with Crippen molar-refractivity contribution in [3.8, 4) is 11.5 Å². The van der Waals surface area contributed by atoms with Crippen molar-refractivity contribution in [1.29, 1.82) is 0 Å². The molecule has 0 spiro atoms. The molecule has 8 nitrogen and oxygen atoms in total. The summed E-state index contributed by atoms with van der Waals surface area (Å²) in [6, 6.07) is 8.75. The van der Waals surface area contributed by atoms with Crippen molar-refractivity contribution < 1.29 is 23.0 Å². The molecule has 1 aromatic carbocycles. The number of hydrogen-bond acceptors (Lipinski definition) is 7. The molecule has 1 aliphatic rings. The maximum absolute atomic E-state index is 12.7. The summed E-state index contributed by atoms with van der Waals surface area (Å²) in [5.41, 5.74) is 0.954. The number of benzene rings is 1. The number of aliphatic hydroxyl groups excluding tert-OH is 1. The minimum Gasteiger partial charge on any atom is -0.493 e. The molecule has 1 aromatic heterocycles. The summed E-state index contributed by atoms with van der Waals surface area (Å²) in [6.45, 7) is 3.24. The van der Waals surface area contributed by atoms with E-state index in [-0.39, 0.29) is 24.2 Å². The molecule has 3 rings (SSSR count). The van der Waals surface area contributed by atoms with Gasteiger partial charge >= 0.3 is 0 Å². The smallest absolute Gasteiger partial charge is 0.244 e. The summed E-state index contributed by atoms with van der Waals surface area (Å²) in [5, 5.41) is 12.2. The Kier molecular flexibility index (Phi) is 7.52. The van der Waals surface area contributed by atoms with Gasteiger partial charge in [-0.3, -0.25) is 0 Å². The average Bonchev–Trinajstić information content (AvgIpc) is 2.78. The van der Waals surface area contributed by atoms with Crippen molar-refractivity contribution in [2.75, 3.05) is 38.7 Å². The van der Waals surface area contributed by atoms with Crippen LogP contribution in [0.25, 0.3) is 0 Å². The van der Waals surface area contributed by atoms with Crippen molar-refractivity contribution in [3.05, 3.63) is 42.1 Å². The molecular formula is C21H29N3O5S. The van der Waals surface area contributed by atoms with Crippen molar-refractivity contribution in [2.24, 2.45) is 0 Å². The number of methoxy groups -OCH3 is 1. The van der Waals surface area contributed by atoms with Crippen LogP contribution in [-0.2, 0) is 10.0 Å². The minimum absolute atomic E-state index is 0.0714. The third-order valence-corrected chi connectivity index (χ3v) is 6.97. The normalized spacial score (nSPS) is 16.1. The maximum Gasteiger partial charge on any atom is 0.244 e. The van der Waals surface area contributed by atoms with Crippen LogP contribution < -0.4 is 14.8 Å². The van der Waals surface area contributed by atoms with Gasteiger partial charge < -0.3 is 19.9 Å². The van der Waals surface area contributed by atoms with Crippen molar-refractivity contribution in [3.63, 3.8) is 0 Å². The van der Waals surface area contributed by atoms with Crippen LogP contribution in [0, 0.1) is 0 Å². The Morgan fingerprint density at radius 1 is 1.17 bits per heavy atom. The molecule has 30 heavy (non-hydrogen) atoms. The Morgan fingerprint density at radius 2 is 1.93 bits per heavy atom. The fraction of sp³-hybridized carbons (Fsp3) is 0.476. The lowest BCUT2D eigenvalue weighted by Crippen LogP contribution is -2.35. The number of rotatable bonds is 9. The first-order chi connectivity index (χ1) is 14.5. The van der Waals surface area contributed by atoms with Gasteiger partial charge in [0.25, 0.3) is 0 Å². The van der Waals surface area contributed by atoms with E-state index in [9.17, 15) is 8.42 Å². The van der Waals surface area contributed by atoms with Crippen LogP contribution in [0.5, 0.6) is 11.5 Å². The molecule has 1 aliphatic heterocycles. The van der Waals surface area contributed by atoms with Crippen LogP contribution in [0.2, 0.25) is 0 Å². The van der Waals surface area contributed by atoms with E-state index in [0.717, 1.165) is 24.8 Å². The molecule has 2 heterocycles. The van der Waals surface area contributed by atoms with Gasteiger partial charge in [0.2, 0.25) is 10.0 Å². The molecular weight excluding hydrogens is 406 g/mol. The van der Waals surface area contributed by atoms with Crippen LogP contribution in [0.1, 0.15) is 37.8 Å². The SMILES string of the molecule is COc1cc(C(C)Nc2ccc(S(=O)(=O)N3CCCCC3)cn2)ccc1OCCO. The molecule has 0 bridgehead atoms. The minimum atomic E-state index is -3.49. The monoisotopic (exact) mass is 435 g/mol. The number of ether oxygens (including phenoxy) is 2. The van der Waals surface area contributed by atoms with E-state index < -0.39 is 10.0 Å². The van der Waals surface area contributed by atoms with Crippen LogP contribution in [0.15, 0.2) is 41.4 Å². The van der Waals surface area contributed by atoms with E-state index in [4.69, 9.17) is 14.6 Å². The lowest BCUT2D eigenvalue weighted by atomic mass is 10.1. The fourth-order valence-corrected chi connectivity index (χ4v) is 4.87. The molecule has 9 heteroatoms. The highest BCUT2D eigenvalue weighted by Crippen LogP contribution is 2.31. The molecule has 0 aliphatic carbocycles. The van der Waals surface area contributed by atoms with Gasteiger partial charge in [0.05, 0.1) is 19.8 Å². The number of aliphatic hydroxyl groups is 1. The summed E-state index contributed by atoms with van der Waals surface area (Å²) in [5.74, 6) is 1.72.